The molecule has 2 fully saturated rings. The van der Waals surface area contributed by atoms with Gasteiger partial charge in [0.25, 0.3) is 0 Å². The van der Waals surface area contributed by atoms with Gasteiger partial charge >= 0.3 is 12.2 Å². The molecular weight excluding hydrogens is 435 g/mol. The van der Waals surface area contributed by atoms with E-state index in [9.17, 15) is 18.0 Å². The minimum absolute atomic E-state index is 0.106. The highest BCUT2D eigenvalue weighted by atomic mass is 35.5. The number of carbonyl (C=O) groups is 2. The first-order valence-electron chi connectivity index (χ1n) is 9.62. The highest BCUT2D eigenvalue weighted by Crippen LogP contribution is 2.41. The van der Waals surface area contributed by atoms with Crippen molar-refractivity contribution in [1.82, 2.24) is 19.6 Å². The Morgan fingerprint density at radius 2 is 1.94 bits per heavy atom. The molecule has 0 saturated carbocycles. The number of nitrogens with zero attached hydrogens (tertiary/aromatic N) is 4. The van der Waals surface area contributed by atoms with Gasteiger partial charge in [0.2, 0.25) is 0 Å². The molecule has 2 aromatic rings. The number of anilines is 1. The molecule has 3 heterocycles. The molecule has 1 unspecified atom stereocenters. The quantitative estimate of drug-likeness (QED) is 0.746. The van der Waals surface area contributed by atoms with Crippen LogP contribution in [0.1, 0.15) is 24.0 Å². The Balaban J connectivity index is 0.00000132. The van der Waals surface area contributed by atoms with Crippen molar-refractivity contribution < 1.29 is 22.8 Å². The Morgan fingerprint density at radius 1 is 1.23 bits per heavy atom. The average Bonchev–Trinajstić information content (AvgIpc) is 3.43. The van der Waals surface area contributed by atoms with Crippen LogP contribution in [0.4, 0.5) is 23.7 Å². The van der Waals surface area contributed by atoms with Gasteiger partial charge in [-0.3, -0.25) is 4.90 Å². The van der Waals surface area contributed by atoms with E-state index < -0.39 is 11.7 Å². The second-order valence-corrected chi connectivity index (χ2v) is 8.37. The van der Waals surface area contributed by atoms with Crippen LogP contribution in [0.2, 0.25) is 5.02 Å². The number of alkyl halides is 3. The highest BCUT2D eigenvalue weighted by molar-refractivity contribution is 6.30. The van der Waals surface area contributed by atoms with E-state index in [1.54, 1.807) is 4.90 Å². The Hall–Kier alpha value is -2.59. The van der Waals surface area contributed by atoms with Crippen molar-refractivity contribution in [2.45, 2.75) is 25.6 Å². The molecule has 168 valence electrons. The maximum atomic E-state index is 13.3. The van der Waals surface area contributed by atoms with Crippen LogP contribution in [0.3, 0.4) is 0 Å². The largest absolute Gasteiger partial charge is 0.416 e. The molecule has 0 radical (unpaired) electrons. The summed E-state index contributed by atoms with van der Waals surface area (Å²) in [6, 6.07) is 3.46. The van der Waals surface area contributed by atoms with E-state index in [1.807, 2.05) is 11.7 Å². The van der Waals surface area contributed by atoms with Gasteiger partial charge in [0.1, 0.15) is 6.79 Å². The molecule has 1 atom stereocenters. The Morgan fingerprint density at radius 3 is 2.58 bits per heavy atom. The van der Waals surface area contributed by atoms with Crippen molar-refractivity contribution in [2.24, 2.45) is 5.41 Å². The van der Waals surface area contributed by atoms with Gasteiger partial charge in [0, 0.05) is 36.6 Å². The van der Waals surface area contributed by atoms with Crippen LogP contribution >= 0.6 is 11.6 Å². The standard InChI is InChI=1S/C19H21ClF3N5O.CH2O/c20-14-1-2-16(19(21,22)23)13(7-14)9-26-5-3-18(11-26)4-6-27(12-18)17(29)28-10-15(24)8-25-28;1-2/h1-2,7-8,10H,3-6,9,11-12,24H2;1H2. The number of hydrogen-bond acceptors (Lipinski definition) is 5. The van der Waals surface area contributed by atoms with Gasteiger partial charge in [-0.1, -0.05) is 11.6 Å². The summed E-state index contributed by atoms with van der Waals surface area (Å²) in [7, 11) is 0. The second-order valence-electron chi connectivity index (χ2n) is 7.93. The maximum absolute atomic E-state index is 13.3. The molecule has 11 heteroatoms. The first-order chi connectivity index (χ1) is 14.7. The highest BCUT2D eigenvalue weighted by Gasteiger charge is 2.45. The van der Waals surface area contributed by atoms with Gasteiger partial charge in [-0.2, -0.15) is 23.0 Å². The fourth-order valence-corrected chi connectivity index (χ4v) is 4.59. The van der Waals surface area contributed by atoms with E-state index >= 15 is 0 Å². The first-order valence-corrected chi connectivity index (χ1v) is 9.99. The monoisotopic (exact) mass is 457 g/mol. The van der Waals surface area contributed by atoms with E-state index in [0.29, 0.717) is 31.9 Å². The van der Waals surface area contributed by atoms with Crippen molar-refractivity contribution in [3.05, 3.63) is 46.7 Å². The number of likely N-dealkylation sites (tertiary alicyclic amines) is 2. The number of nitrogens with two attached hydrogens (primary N) is 1. The van der Waals surface area contributed by atoms with Gasteiger partial charge in [-0.15, -0.1) is 0 Å². The van der Waals surface area contributed by atoms with E-state index in [4.69, 9.17) is 22.1 Å². The topological polar surface area (TPSA) is 84.5 Å². The van der Waals surface area contributed by atoms with Crippen molar-refractivity contribution in [3.63, 3.8) is 0 Å². The van der Waals surface area contributed by atoms with Crippen molar-refractivity contribution in [3.8, 4) is 0 Å². The number of hydrogen-bond donors (Lipinski definition) is 1. The maximum Gasteiger partial charge on any atom is 0.416 e. The Labute approximate surface area is 182 Å². The third-order valence-electron chi connectivity index (χ3n) is 5.79. The lowest BCUT2D eigenvalue weighted by Crippen LogP contribution is -2.36. The number of nitrogen functional groups attached to an aromatic ring is 1. The van der Waals surface area contributed by atoms with Gasteiger partial charge in [-0.05, 0) is 43.1 Å². The third-order valence-corrected chi connectivity index (χ3v) is 6.03. The predicted molar refractivity (Wildman–Crippen MR) is 110 cm³/mol. The summed E-state index contributed by atoms with van der Waals surface area (Å²) in [6.45, 7) is 4.66. The lowest BCUT2D eigenvalue weighted by molar-refractivity contribution is -0.138. The van der Waals surface area contributed by atoms with Crippen molar-refractivity contribution in [2.75, 3.05) is 31.9 Å². The molecule has 31 heavy (non-hydrogen) atoms. The van der Waals surface area contributed by atoms with Crippen LogP contribution in [-0.2, 0) is 17.5 Å². The molecular formula is C20H23ClF3N5O2. The molecule has 4 rings (SSSR count). The minimum atomic E-state index is -4.42. The Kier molecular flexibility index (Phi) is 6.61. The summed E-state index contributed by atoms with van der Waals surface area (Å²) in [5.74, 6) is 0. The number of rotatable bonds is 2. The molecule has 1 aromatic heterocycles. The zero-order valence-corrected chi connectivity index (χ0v) is 17.5. The molecule has 1 amide bonds. The van der Waals surface area contributed by atoms with Crippen LogP contribution in [0.25, 0.3) is 0 Å². The molecule has 0 bridgehead atoms. The lowest BCUT2D eigenvalue weighted by atomic mass is 9.86. The minimum Gasteiger partial charge on any atom is -0.396 e. The molecule has 1 aromatic carbocycles. The van der Waals surface area contributed by atoms with Gasteiger partial charge in [0.05, 0.1) is 23.6 Å². The van der Waals surface area contributed by atoms with E-state index in [1.165, 1.54) is 29.2 Å². The van der Waals surface area contributed by atoms with E-state index in [2.05, 4.69) is 5.10 Å². The normalized spacial score (nSPS) is 21.4. The fourth-order valence-electron chi connectivity index (χ4n) is 4.39. The van der Waals surface area contributed by atoms with Crippen LogP contribution in [0.5, 0.6) is 0 Å². The summed E-state index contributed by atoms with van der Waals surface area (Å²) in [4.78, 5) is 24.3. The fraction of sp³-hybridized carbons (Fsp3) is 0.450. The SMILES string of the molecule is C=O.Nc1cnn(C(=O)N2CCC3(CCN(Cc4cc(Cl)ccc4C(F)(F)F)C3)C2)c1. The van der Waals surface area contributed by atoms with Crippen LogP contribution in [-0.4, -0.2) is 58.6 Å². The summed E-state index contributed by atoms with van der Waals surface area (Å²) in [6.07, 6.45) is 0.128. The first kappa shape index (κ1) is 23.1. The van der Waals surface area contributed by atoms with Crippen LogP contribution in [0.15, 0.2) is 30.6 Å². The summed E-state index contributed by atoms with van der Waals surface area (Å²) in [5.41, 5.74) is 5.47. The predicted octanol–water partition coefficient (Wildman–Crippen LogP) is 3.52. The van der Waals surface area contributed by atoms with E-state index in [-0.39, 0.29) is 28.6 Å². The molecule has 2 aliphatic rings. The van der Waals surface area contributed by atoms with Gasteiger partial charge in [0.15, 0.2) is 0 Å². The zero-order valence-electron chi connectivity index (χ0n) is 16.7. The van der Waals surface area contributed by atoms with Crippen LogP contribution in [0, 0.1) is 5.41 Å². The second kappa shape index (κ2) is 8.88. The van der Waals surface area contributed by atoms with Crippen molar-refractivity contribution in [1.29, 1.82) is 0 Å². The number of aromatic nitrogens is 2. The van der Waals surface area contributed by atoms with Crippen LogP contribution < -0.4 is 5.73 Å². The van der Waals surface area contributed by atoms with E-state index in [0.717, 1.165) is 18.9 Å². The molecule has 2 N–H and O–H groups in total. The average molecular weight is 458 g/mol. The molecule has 7 nitrogen and oxygen atoms in total. The summed E-state index contributed by atoms with van der Waals surface area (Å²) < 4.78 is 41.2. The molecule has 2 saturated heterocycles. The number of benzene rings is 1. The molecule has 1 spiro atoms. The number of halogens is 4. The Bertz CT molecular complexity index is 951. The molecule has 0 aliphatic carbocycles. The van der Waals surface area contributed by atoms with Gasteiger partial charge in [-0.25, -0.2) is 4.79 Å². The zero-order chi connectivity index (χ0) is 22.8. The number of carbonyl (C=O) groups excluding carboxylic acids is 2. The smallest absolute Gasteiger partial charge is 0.396 e. The van der Waals surface area contributed by atoms with Gasteiger partial charge < -0.3 is 15.4 Å². The molecule has 2 aliphatic heterocycles. The summed E-state index contributed by atoms with van der Waals surface area (Å²) in [5, 5.41) is 4.25. The van der Waals surface area contributed by atoms with Crippen molar-refractivity contribution >= 4 is 30.1 Å². The number of amides is 1. The lowest BCUT2D eigenvalue weighted by Gasteiger charge is -2.25. The summed E-state index contributed by atoms with van der Waals surface area (Å²) >= 11 is 5.94. The third kappa shape index (κ3) is 5.01.